The molecule has 5 nitrogen and oxygen atoms in total. The summed E-state index contributed by atoms with van der Waals surface area (Å²) in [7, 11) is -3.14. The Labute approximate surface area is 130 Å². The molecule has 2 aliphatic rings. The Morgan fingerprint density at radius 2 is 1.71 bits per heavy atom. The van der Waals surface area contributed by atoms with E-state index in [-0.39, 0.29) is 11.3 Å². The van der Waals surface area contributed by atoms with Gasteiger partial charge in [0.15, 0.2) is 0 Å². The molecule has 0 saturated carbocycles. The molecule has 0 amide bonds. The number of nitrogens with zero attached hydrogens (tertiary/aromatic N) is 2. The molecule has 1 atom stereocenters. The largest absolute Gasteiger partial charge is 0.303 e. The van der Waals surface area contributed by atoms with E-state index in [9.17, 15) is 8.42 Å². The van der Waals surface area contributed by atoms with E-state index in [0.717, 1.165) is 32.5 Å². The van der Waals surface area contributed by atoms with Gasteiger partial charge in [0.2, 0.25) is 10.0 Å². The fourth-order valence-corrected chi connectivity index (χ4v) is 5.05. The van der Waals surface area contributed by atoms with Crippen molar-refractivity contribution in [2.45, 2.75) is 57.2 Å². The summed E-state index contributed by atoms with van der Waals surface area (Å²) in [6, 6.07) is -0.0110. The first-order chi connectivity index (χ1) is 9.97. The molecule has 1 N–H and O–H groups in total. The zero-order chi connectivity index (χ0) is 15.3. The zero-order valence-electron chi connectivity index (χ0n) is 13.6. The van der Waals surface area contributed by atoms with Crippen molar-refractivity contribution < 1.29 is 8.42 Å². The van der Waals surface area contributed by atoms with Gasteiger partial charge in [-0.3, -0.25) is 0 Å². The Kier molecular flexibility index (Phi) is 6.47. The van der Waals surface area contributed by atoms with E-state index in [1.165, 1.54) is 32.4 Å². The highest BCUT2D eigenvalue weighted by atomic mass is 32.2. The van der Waals surface area contributed by atoms with Crippen LogP contribution in [0.1, 0.15) is 46.0 Å². The van der Waals surface area contributed by atoms with Crippen molar-refractivity contribution in [3.05, 3.63) is 0 Å². The maximum atomic E-state index is 12.2. The van der Waals surface area contributed by atoms with E-state index in [4.69, 9.17) is 0 Å². The van der Waals surface area contributed by atoms with Crippen molar-refractivity contribution in [2.24, 2.45) is 0 Å². The summed E-state index contributed by atoms with van der Waals surface area (Å²) in [5, 5.41) is -0.227. The Bertz CT molecular complexity index is 405. The van der Waals surface area contributed by atoms with Gasteiger partial charge in [-0.1, -0.05) is 6.42 Å². The molecule has 2 rings (SSSR count). The van der Waals surface area contributed by atoms with Crippen LogP contribution in [0, 0.1) is 0 Å². The van der Waals surface area contributed by atoms with Crippen LogP contribution >= 0.6 is 0 Å². The third-order valence-electron chi connectivity index (χ3n) is 4.47. The first kappa shape index (κ1) is 17.2. The van der Waals surface area contributed by atoms with Crippen LogP contribution in [-0.4, -0.2) is 68.8 Å². The lowest BCUT2D eigenvalue weighted by atomic mass is 10.1. The van der Waals surface area contributed by atoms with Crippen LogP contribution < -0.4 is 4.72 Å². The van der Waals surface area contributed by atoms with E-state index in [1.807, 2.05) is 13.8 Å². The Hall–Kier alpha value is -0.170. The zero-order valence-corrected chi connectivity index (χ0v) is 14.4. The third-order valence-corrected chi connectivity index (χ3v) is 6.53. The highest BCUT2D eigenvalue weighted by molar-refractivity contribution is 7.90. The smallest absolute Gasteiger partial charge is 0.216 e. The van der Waals surface area contributed by atoms with E-state index in [0.29, 0.717) is 6.54 Å². The third kappa shape index (κ3) is 5.51. The van der Waals surface area contributed by atoms with Crippen molar-refractivity contribution in [1.82, 2.24) is 14.5 Å². The van der Waals surface area contributed by atoms with Crippen molar-refractivity contribution in [3.8, 4) is 0 Å². The lowest BCUT2D eigenvalue weighted by Crippen LogP contribution is -2.40. The number of piperidine rings is 1. The maximum Gasteiger partial charge on any atom is 0.216 e. The number of hydrogen-bond acceptors (Lipinski definition) is 4. The predicted octanol–water partition coefficient (Wildman–Crippen LogP) is 1.26. The molecule has 2 saturated heterocycles. The summed E-state index contributed by atoms with van der Waals surface area (Å²) in [4.78, 5) is 4.86. The fraction of sp³-hybridized carbons (Fsp3) is 1.00. The van der Waals surface area contributed by atoms with Crippen LogP contribution in [-0.2, 0) is 10.0 Å². The summed E-state index contributed by atoms with van der Waals surface area (Å²) in [6.45, 7) is 10.1. The predicted molar refractivity (Wildman–Crippen MR) is 86.9 cm³/mol. The van der Waals surface area contributed by atoms with Gasteiger partial charge >= 0.3 is 0 Å². The van der Waals surface area contributed by atoms with Gasteiger partial charge in [0.25, 0.3) is 0 Å². The second kappa shape index (κ2) is 7.90. The van der Waals surface area contributed by atoms with Crippen molar-refractivity contribution in [2.75, 3.05) is 39.3 Å². The first-order valence-corrected chi connectivity index (χ1v) is 9.98. The molecule has 21 heavy (non-hydrogen) atoms. The lowest BCUT2D eigenvalue weighted by molar-refractivity contribution is 0.212. The molecule has 2 fully saturated rings. The molecule has 0 aromatic carbocycles. The van der Waals surface area contributed by atoms with Gasteiger partial charge in [-0.15, -0.1) is 0 Å². The van der Waals surface area contributed by atoms with Crippen LogP contribution in [0.5, 0.6) is 0 Å². The maximum absolute atomic E-state index is 12.2. The van der Waals surface area contributed by atoms with E-state index in [1.54, 1.807) is 0 Å². The molecule has 0 unspecified atom stereocenters. The molecule has 0 aliphatic carbocycles. The average molecular weight is 317 g/mol. The van der Waals surface area contributed by atoms with Crippen molar-refractivity contribution >= 4 is 10.0 Å². The Morgan fingerprint density at radius 3 is 2.38 bits per heavy atom. The summed E-state index contributed by atoms with van der Waals surface area (Å²) in [6.07, 6.45) is 5.98. The monoisotopic (exact) mass is 317 g/mol. The van der Waals surface area contributed by atoms with Crippen LogP contribution in [0.15, 0.2) is 0 Å². The molecular formula is C15H31N3O2S. The Balaban J connectivity index is 1.67. The highest BCUT2D eigenvalue weighted by Crippen LogP contribution is 2.17. The summed E-state index contributed by atoms with van der Waals surface area (Å²) >= 11 is 0. The summed E-state index contributed by atoms with van der Waals surface area (Å²) < 4.78 is 27.1. The fourth-order valence-electron chi connectivity index (χ4n) is 3.38. The topological polar surface area (TPSA) is 52.7 Å². The molecular weight excluding hydrogens is 286 g/mol. The summed E-state index contributed by atoms with van der Waals surface area (Å²) in [5.41, 5.74) is 0. The first-order valence-electron chi connectivity index (χ1n) is 8.43. The van der Waals surface area contributed by atoms with E-state index in [2.05, 4.69) is 14.5 Å². The van der Waals surface area contributed by atoms with Gasteiger partial charge in [0, 0.05) is 12.6 Å². The normalized spacial score (nSPS) is 25.8. The molecule has 0 aromatic rings. The minimum absolute atomic E-state index is 0.0110. The number of hydrogen-bond donors (Lipinski definition) is 1. The highest BCUT2D eigenvalue weighted by Gasteiger charge is 2.32. The molecule has 2 heterocycles. The van der Waals surface area contributed by atoms with Gasteiger partial charge in [0.1, 0.15) is 0 Å². The SMILES string of the molecule is CC(C)NS(=O)(=O)[C@H]1CCN(CCCN2CCCCC2)C1. The summed E-state index contributed by atoms with van der Waals surface area (Å²) in [5.74, 6) is 0. The van der Waals surface area contributed by atoms with Gasteiger partial charge in [0.05, 0.1) is 5.25 Å². The van der Waals surface area contributed by atoms with Gasteiger partial charge in [-0.2, -0.15) is 0 Å². The van der Waals surface area contributed by atoms with Crippen molar-refractivity contribution in [3.63, 3.8) is 0 Å². The van der Waals surface area contributed by atoms with E-state index < -0.39 is 10.0 Å². The quantitative estimate of drug-likeness (QED) is 0.768. The lowest BCUT2D eigenvalue weighted by Gasteiger charge is -2.27. The number of rotatable bonds is 7. The molecule has 0 spiro atoms. The Morgan fingerprint density at radius 1 is 1.05 bits per heavy atom. The molecule has 6 heteroatoms. The van der Waals surface area contributed by atoms with E-state index >= 15 is 0 Å². The number of likely N-dealkylation sites (tertiary alicyclic amines) is 2. The van der Waals surface area contributed by atoms with Crippen LogP contribution in [0.25, 0.3) is 0 Å². The second-order valence-electron chi connectivity index (χ2n) is 6.78. The number of sulfonamides is 1. The van der Waals surface area contributed by atoms with Gasteiger partial charge in [-0.05, 0) is 72.3 Å². The van der Waals surface area contributed by atoms with Crippen LogP contribution in [0.2, 0.25) is 0 Å². The standard InChI is InChI=1S/C15H31N3O2S/c1-14(2)16-21(19,20)15-7-12-18(13-15)11-6-10-17-8-4-3-5-9-17/h14-16H,3-13H2,1-2H3/t15-/m0/s1. The molecule has 0 radical (unpaired) electrons. The molecule has 2 aliphatic heterocycles. The molecule has 0 bridgehead atoms. The minimum Gasteiger partial charge on any atom is -0.303 e. The average Bonchev–Trinajstić information content (AvgIpc) is 2.88. The second-order valence-corrected chi connectivity index (χ2v) is 8.78. The molecule has 124 valence electrons. The van der Waals surface area contributed by atoms with Gasteiger partial charge in [-0.25, -0.2) is 13.1 Å². The van der Waals surface area contributed by atoms with Crippen LogP contribution in [0.4, 0.5) is 0 Å². The van der Waals surface area contributed by atoms with Crippen LogP contribution in [0.3, 0.4) is 0 Å². The minimum atomic E-state index is -3.14. The van der Waals surface area contributed by atoms with Crippen molar-refractivity contribution in [1.29, 1.82) is 0 Å². The van der Waals surface area contributed by atoms with Gasteiger partial charge < -0.3 is 9.80 Å². The number of nitrogens with one attached hydrogen (secondary N) is 1. The molecule has 0 aromatic heterocycles.